The Kier molecular flexibility index (Phi) is 4.22. The summed E-state index contributed by atoms with van der Waals surface area (Å²) in [6.07, 6.45) is 8.31. The standard InChI is InChI=1S/C15H29N3/c16-15-3-1-2-14(15)6-7-17-8-10-18(11-9-17)12-13-4-5-13/h13-15H,1-12,16H2. The quantitative estimate of drug-likeness (QED) is 0.804. The summed E-state index contributed by atoms with van der Waals surface area (Å²) in [7, 11) is 0. The van der Waals surface area contributed by atoms with Gasteiger partial charge in [0.05, 0.1) is 0 Å². The first kappa shape index (κ1) is 12.9. The molecular formula is C15H29N3. The van der Waals surface area contributed by atoms with E-state index in [1.54, 1.807) is 0 Å². The summed E-state index contributed by atoms with van der Waals surface area (Å²) in [5.41, 5.74) is 6.15. The SMILES string of the molecule is NC1CCCC1CCN1CCN(CC2CC2)CC1. The van der Waals surface area contributed by atoms with Gasteiger partial charge in [-0.25, -0.2) is 0 Å². The smallest absolute Gasteiger partial charge is 0.0110 e. The highest BCUT2D eigenvalue weighted by Gasteiger charge is 2.27. The average Bonchev–Trinajstić information content (AvgIpc) is 3.10. The Morgan fingerprint density at radius 3 is 2.22 bits per heavy atom. The molecule has 104 valence electrons. The minimum Gasteiger partial charge on any atom is -0.327 e. The first-order chi connectivity index (χ1) is 8.81. The van der Waals surface area contributed by atoms with Crippen molar-refractivity contribution in [1.29, 1.82) is 0 Å². The molecule has 3 heteroatoms. The number of nitrogens with zero attached hydrogens (tertiary/aromatic N) is 2. The largest absolute Gasteiger partial charge is 0.327 e. The Morgan fingerprint density at radius 2 is 1.61 bits per heavy atom. The summed E-state index contributed by atoms with van der Waals surface area (Å²) in [5, 5.41) is 0. The third-order valence-electron chi connectivity index (χ3n) is 5.21. The molecule has 1 saturated heterocycles. The minimum atomic E-state index is 0.501. The van der Waals surface area contributed by atoms with Crippen molar-refractivity contribution in [3.05, 3.63) is 0 Å². The van der Waals surface area contributed by atoms with Crippen molar-refractivity contribution in [2.75, 3.05) is 39.3 Å². The maximum atomic E-state index is 6.15. The van der Waals surface area contributed by atoms with E-state index in [0.717, 1.165) is 11.8 Å². The molecule has 2 atom stereocenters. The fourth-order valence-corrected chi connectivity index (χ4v) is 3.63. The molecule has 2 unspecified atom stereocenters. The van der Waals surface area contributed by atoms with Crippen LogP contribution >= 0.6 is 0 Å². The fourth-order valence-electron chi connectivity index (χ4n) is 3.63. The van der Waals surface area contributed by atoms with E-state index < -0.39 is 0 Å². The number of rotatable bonds is 5. The van der Waals surface area contributed by atoms with E-state index in [0.29, 0.717) is 6.04 Å². The van der Waals surface area contributed by atoms with Crippen LogP contribution in [0, 0.1) is 11.8 Å². The Labute approximate surface area is 112 Å². The van der Waals surface area contributed by atoms with Crippen LogP contribution in [-0.2, 0) is 0 Å². The lowest BCUT2D eigenvalue weighted by Gasteiger charge is -2.35. The molecule has 0 aromatic rings. The molecule has 0 bridgehead atoms. The van der Waals surface area contributed by atoms with Crippen LogP contribution in [0.4, 0.5) is 0 Å². The van der Waals surface area contributed by atoms with Crippen LogP contribution in [0.25, 0.3) is 0 Å². The summed E-state index contributed by atoms with van der Waals surface area (Å²) >= 11 is 0. The second-order valence-corrected chi connectivity index (χ2v) is 6.73. The molecule has 0 radical (unpaired) electrons. The van der Waals surface area contributed by atoms with Crippen molar-refractivity contribution in [3.8, 4) is 0 Å². The van der Waals surface area contributed by atoms with Gasteiger partial charge in [0.2, 0.25) is 0 Å². The van der Waals surface area contributed by atoms with Gasteiger partial charge in [-0.15, -0.1) is 0 Å². The number of hydrogen-bond acceptors (Lipinski definition) is 3. The second-order valence-electron chi connectivity index (χ2n) is 6.73. The maximum absolute atomic E-state index is 6.15. The topological polar surface area (TPSA) is 32.5 Å². The Balaban J connectivity index is 1.32. The summed E-state index contributed by atoms with van der Waals surface area (Å²) < 4.78 is 0. The van der Waals surface area contributed by atoms with Gasteiger partial charge in [0.1, 0.15) is 0 Å². The zero-order chi connectivity index (χ0) is 12.4. The van der Waals surface area contributed by atoms with Crippen molar-refractivity contribution in [1.82, 2.24) is 9.80 Å². The molecule has 18 heavy (non-hydrogen) atoms. The van der Waals surface area contributed by atoms with Crippen LogP contribution in [0.3, 0.4) is 0 Å². The van der Waals surface area contributed by atoms with Gasteiger partial charge in [-0.2, -0.15) is 0 Å². The zero-order valence-corrected chi connectivity index (χ0v) is 11.7. The van der Waals surface area contributed by atoms with E-state index in [2.05, 4.69) is 9.80 Å². The first-order valence-corrected chi connectivity index (χ1v) is 8.01. The van der Waals surface area contributed by atoms with E-state index in [1.807, 2.05) is 0 Å². The van der Waals surface area contributed by atoms with Crippen LogP contribution in [0.5, 0.6) is 0 Å². The molecule has 0 aromatic heterocycles. The summed E-state index contributed by atoms with van der Waals surface area (Å²) in [4.78, 5) is 5.34. The van der Waals surface area contributed by atoms with Crippen LogP contribution < -0.4 is 5.73 Å². The highest BCUT2D eigenvalue weighted by molar-refractivity contribution is 4.83. The Morgan fingerprint density at radius 1 is 0.889 bits per heavy atom. The molecule has 1 heterocycles. The van der Waals surface area contributed by atoms with Crippen molar-refractivity contribution >= 4 is 0 Å². The summed E-state index contributed by atoms with van der Waals surface area (Å²) in [6.45, 7) is 7.83. The molecule has 2 saturated carbocycles. The molecule has 2 N–H and O–H groups in total. The van der Waals surface area contributed by atoms with Crippen molar-refractivity contribution in [2.24, 2.45) is 17.6 Å². The molecule has 0 amide bonds. The predicted molar refractivity (Wildman–Crippen MR) is 75.5 cm³/mol. The normalized spacial score (nSPS) is 35.2. The third-order valence-corrected chi connectivity index (χ3v) is 5.21. The third kappa shape index (κ3) is 3.46. The fraction of sp³-hybridized carbons (Fsp3) is 1.00. The van der Waals surface area contributed by atoms with Crippen molar-refractivity contribution in [3.63, 3.8) is 0 Å². The van der Waals surface area contributed by atoms with E-state index >= 15 is 0 Å². The molecule has 3 rings (SSSR count). The average molecular weight is 251 g/mol. The molecule has 0 aromatic carbocycles. The summed E-state index contributed by atoms with van der Waals surface area (Å²) in [5.74, 6) is 1.86. The van der Waals surface area contributed by atoms with Gasteiger partial charge in [-0.1, -0.05) is 6.42 Å². The van der Waals surface area contributed by atoms with E-state index in [-0.39, 0.29) is 0 Å². The lowest BCUT2D eigenvalue weighted by molar-refractivity contribution is 0.122. The highest BCUT2D eigenvalue weighted by Crippen LogP contribution is 2.30. The second kappa shape index (κ2) is 5.89. The lowest BCUT2D eigenvalue weighted by atomic mass is 10.00. The number of piperazine rings is 1. The molecule has 1 aliphatic heterocycles. The van der Waals surface area contributed by atoms with E-state index in [9.17, 15) is 0 Å². The van der Waals surface area contributed by atoms with Gasteiger partial charge < -0.3 is 15.5 Å². The number of hydrogen-bond donors (Lipinski definition) is 1. The number of nitrogens with two attached hydrogens (primary N) is 1. The van der Waals surface area contributed by atoms with Crippen LogP contribution in [0.15, 0.2) is 0 Å². The summed E-state index contributed by atoms with van der Waals surface area (Å²) in [6, 6.07) is 0.501. The Bertz CT molecular complexity index is 256. The first-order valence-electron chi connectivity index (χ1n) is 8.01. The maximum Gasteiger partial charge on any atom is 0.0110 e. The van der Waals surface area contributed by atoms with Crippen LogP contribution in [0.2, 0.25) is 0 Å². The molecule has 3 fully saturated rings. The van der Waals surface area contributed by atoms with Crippen molar-refractivity contribution < 1.29 is 0 Å². The molecule has 0 spiro atoms. The van der Waals surface area contributed by atoms with Gasteiger partial charge in [0.15, 0.2) is 0 Å². The Hall–Kier alpha value is -0.120. The monoisotopic (exact) mass is 251 g/mol. The lowest BCUT2D eigenvalue weighted by Crippen LogP contribution is -2.47. The van der Waals surface area contributed by atoms with E-state index in [1.165, 1.54) is 77.8 Å². The van der Waals surface area contributed by atoms with Gasteiger partial charge in [0, 0.05) is 38.8 Å². The predicted octanol–water partition coefficient (Wildman–Crippen LogP) is 1.53. The van der Waals surface area contributed by atoms with Gasteiger partial charge >= 0.3 is 0 Å². The minimum absolute atomic E-state index is 0.501. The molecular weight excluding hydrogens is 222 g/mol. The van der Waals surface area contributed by atoms with Gasteiger partial charge in [-0.05, 0) is 50.5 Å². The molecule has 2 aliphatic carbocycles. The van der Waals surface area contributed by atoms with Crippen LogP contribution in [0.1, 0.15) is 38.5 Å². The zero-order valence-electron chi connectivity index (χ0n) is 11.7. The van der Waals surface area contributed by atoms with Crippen LogP contribution in [-0.4, -0.2) is 55.1 Å². The van der Waals surface area contributed by atoms with Crippen molar-refractivity contribution in [2.45, 2.75) is 44.6 Å². The molecule has 3 aliphatic rings. The van der Waals surface area contributed by atoms with E-state index in [4.69, 9.17) is 5.73 Å². The van der Waals surface area contributed by atoms with Gasteiger partial charge in [0.25, 0.3) is 0 Å². The molecule has 3 nitrogen and oxygen atoms in total. The van der Waals surface area contributed by atoms with Gasteiger partial charge in [-0.3, -0.25) is 0 Å². The highest BCUT2D eigenvalue weighted by atomic mass is 15.3.